The number of hydrogen-bond acceptors (Lipinski definition) is 4. The molecule has 0 atom stereocenters. The molecule has 0 saturated carbocycles. The van der Waals surface area contributed by atoms with Crippen LogP contribution in [0.5, 0.6) is 5.75 Å². The average Bonchev–Trinajstić information content (AvgIpc) is 2.93. The third kappa shape index (κ3) is 5.09. The second kappa shape index (κ2) is 7.53. The Morgan fingerprint density at radius 3 is 2.74 bits per heavy atom. The number of nitrogens with zero attached hydrogens (tertiary/aromatic N) is 1. The summed E-state index contributed by atoms with van der Waals surface area (Å²) >= 11 is 1.61. The van der Waals surface area contributed by atoms with Gasteiger partial charge in [0.1, 0.15) is 18.2 Å². The number of halogens is 1. The van der Waals surface area contributed by atoms with Crippen LogP contribution >= 0.6 is 11.3 Å². The van der Waals surface area contributed by atoms with E-state index >= 15 is 0 Å². The number of rotatable bonds is 7. The standard InChI is InChI=1S/C14H14FNO2S/c15-12-4-6-13(7-5-12)17-8-2-9-18-16-11-14-3-1-10-19-14/h1,3-7,10-11H,2,8-9H2. The molecule has 0 N–H and O–H groups in total. The Morgan fingerprint density at radius 1 is 1.16 bits per heavy atom. The molecule has 0 radical (unpaired) electrons. The first-order valence-electron chi connectivity index (χ1n) is 5.92. The molecule has 3 nitrogen and oxygen atoms in total. The van der Waals surface area contributed by atoms with Gasteiger partial charge in [0.25, 0.3) is 0 Å². The van der Waals surface area contributed by atoms with Crippen molar-refractivity contribution >= 4 is 17.6 Å². The number of hydrogen-bond donors (Lipinski definition) is 0. The molecule has 2 aromatic rings. The zero-order valence-electron chi connectivity index (χ0n) is 10.3. The fourth-order valence-electron chi connectivity index (χ4n) is 1.35. The summed E-state index contributed by atoms with van der Waals surface area (Å²) in [5.41, 5.74) is 0. The maximum absolute atomic E-state index is 12.6. The first-order valence-corrected chi connectivity index (χ1v) is 6.80. The maximum atomic E-state index is 12.6. The van der Waals surface area contributed by atoms with Crippen LogP contribution in [-0.2, 0) is 4.84 Å². The monoisotopic (exact) mass is 279 g/mol. The van der Waals surface area contributed by atoms with Crippen LogP contribution < -0.4 is 4.74 Å². The summed E-state index contributed by atoms with van der Waals surface area (Å²) in [7, 11) is 0. The third-order valence-electron chi connectivity index (χ3n) is 2.26. The molecular weight excluding hydrogens is 265 g/mol. The maximum Gasteiger partial charge on any atom is 0.123 e. The minimum atomic E-state index is -0.265. The molecule has 0 saturated heterocycles. The molecular formula is C14H14FNO2S. The van der Waals surface area contributed by atoms with Crippen molar-refractivity contribution in [2.24, 2.45) is 5.16 Å². The minimum Gasteiger partial charge on any atom is -0.493 e. The molecule has 0 bridgehead atoms. The number of oxime groups is 1. The van der Waals surface area contributed by atoms with E-state index in [0.717, 1.165) is 11.3 Å². The van der Waals surface area contributed by atoms with Crippen LogP contribution in [0.1, 0.15) is 11.3 Å². The molecule has 1 aromatic carbocycles. The highest BCUT2D eigenvalue weighted by Gasteiger charge is 1.94. The van der Waals surface area contributed by atoms with Crippen molar-refractivity contribution in [1.82, 2.24) is 0 Å². The van der Waals surface area contributed by atoms with Crippen molar-refractivity contribution in [3.8, 4) is 5.75 Å². The van der Waals surface area contributed by atoms with Crippen molar-refractivity contribution < 1.29 is 14.0 Å². The Morgan fingerprint density at radius 2 is 2.00 bits per heavy atom. The van der Waals surface area contributed by atoms with E-state index in [-0.39, 0.29) is 5.82 Å². The van der Waals surface area contributed by atoms with Crippen molar-refractivity contribution in [2.75, 3.05) is 13.2 Å². The highest BCUT2D eigenvalue weighted by molar-refractivity contribution is 7.11. The molecule has 2 rings (SSSR count). The summed E-state index contributed by atoms with van der Waals surface area (Å²) < 4.78 is 18.1. The van der Waals surface area contributed by atoms with E-state index in [1.807, 2.05) is 17.5 Å². The molecule has 1 aromatic heterocycles. The van der Waals surface area contributed by atoms with Crippen LogP contribution in [0.2, 0.25) is 0 Å². The fraction of sp³-hybridized carbons (Fsp3) is 0.214. The van der Waals surface area contributed by atoms with Crippen LogP contribution in [0.25, 0.3) is 0 Å². The second-order valence-corrected chi connectivity index (χ2v) is 4.72. The van der Waals surface area contributed by atoms with Gasteiger partial charge in [-0.25, -0.2) is 4.39 Å². The third-order valence-corrected chi connectivity index (χ3v) is 3.07. The Hall–Kier alpha value is -1.88. The lowest BCUT2D eigenvalue weighted by Gasteiger charge is -2.04. The van der Waals surface area contributed by atoms with E-state index in [0.29, 0.717) is 19.0 Å². The van der Waals surface area contributed by atoms with E-state index in [1.54, 1.807) is 29.7 Å². The van der Waals surface area contributed by atoms with E-state index < -0.39 is 0 Å². The summed E-state index contributed by atoms with van der Waals surface area (Å²) in [5.74, 6) is 0.391. The minimum absolute atomic E-state index is 0.265. The van der Waals surface area contributed by atoms with Gasteiger partial charge < -0.3 is 9.57 Å². The molecule has 5 heteroatoms. The van der Waals surface area contributed by atoms with E-state index in [2.05, 4.69) is 5.16 Å². The molecule has 0 aliphatic carbocycles. The van der Waals surface area contributed by atoms with Crippen molar-refractivity contribution in [3.63, 3.8) is 0 Å². The SMILES string of the molecule is Fc1ccc(OCCCON=Cc2cccs2)cc1. The van der Waals surface area contributed by atoms with Gasteiger partial charge in [-0.15, -0.1) is 11.3 Å². The lowest BCUT2D eigenvalue weighted by Crippen LogP contribution is -2.01. The highest BCUT2D eigenvalue weighted by Crippen LogP contribution is 2.11. The van der Waals surface area contributed by atoms with Crippen molar-refractivity contribution in [3.05, 3.63) is 52.5 Å². The zero-order valence-corrected chi connectivity index (χ0v) is 11.1. The van der Waals surface area contributed by atoms with Crippen LogP contribution in [-0.4, -0.2) is 19.4 Å². The topological polar surface area (TPSA) is 30.8 Å². The molecule has 1 heterocycles. The van der Waals surface area contributed by atoms with E-state index in [9.17, 15) is 4.39 Å². The predicted molar refractivity (Wildman–Crippen MR) is 74.4 cm³/mol. The summed E-state index contributed by atoms with van der Waals surface area (Å²) in [4.78, 5) is 6.16. The van der Waals surface area contributed by atoms with Crippen LogP contribution in [0, 0.1) is 5.82 Å². The summed E-state index contributed by atoms with van der Waals surface area (Å²) in [5, 5.41) is 5.83. The largest absolute Gasteiger partial charge is 0.493 e. The molecule has 0 amide bonds. The Labute approximate surface area is 115 Å². The van der Waals surface area contributed by atoms with Gasteiger partial charge in [0, 0.05) is 11.3 Å². The van der Waals surface area contributed by atoms with Gasteiger partial charge in [-0.3, -0.25) is 0 Å². The zero-order chi connectivity index (χ0) is 13.3. The number of benzene rings is 1. The Kier molecular flexibility index (Phi) is 5.37. The molecule has 0 aliphatic heterocycles. The first kappa shape index (κ1) is 13.5. The van der Waals surface area contributed by atoms with Crippen LogP contribution in [0.15, 0.2) is 46.9 Å². The summed E-state index contributed by atoms with van der Waals surface area (Å²) in [6, 6.07) is 9.88. The molecule has 0 aliphatic rings. The van der Waals surface area contributed by atoms with E-state index in [4.69, 9.17) is 9.57 Å². The van der Waals surface area contributed by atoms with Crippen LogP contribution in [0.3, 0.4) is 0 Å². The average molecular weight is 279 g/mol. The normalized spacial score (nSPS) is 10.8. The van der Waals surface area contributed by atoms with Gasteiger partial charge >= 0.3 is 0 Å². The molecule has 19 heavy (non-hydrogen) atoms. The van der Waals surface area contributed by atoms with Gasteiger partial charge in [0.15, 0.2) is 0 Å². The molecule has 0 spiro atoms. The lowest BCUT2D eigenvalue weighted by atomic mass is 10.3. The molecule has 100 valence electrons. The molecule has 0 unspecified atom stereocenters. The highest BCUT2D eigenvalue weighted by atomic mass is 32.1. The van der Waals surface area contributed by atoms with Crippen LogP contribution in [0.4, 0.5) is 4.39 Å². The summed E-state index contributed by atoms with van der Waals surface area (Å²) in [6.07, 6.45) is 2.41. The quantitative estimate of drug-likeness (QED) is 0.439. The predicted octanol–water partition coefficient (Wildman–Crippen LogP) is 3.71. The number of thiophene rings is 1. The van der Waals surface area contributed by atoms with Gasteiger partial charge in [0.2, 0.25) is 0 Å². The first-order chi connectivity index (χ1) is 9.34. The van der Waals surface area contributed by atoms with Crippen molar-refractivity contribution in [1.29, 1.82) is 0 Å². The van der Waals surface area contributed by atoms with E-state index in [1.165, 1.54) is 12.1 Å². The lowest BCUT2D eigenvalue weighted by molar-refractivity contribution is 0.129. The smallest absolute Gasteiger partial charge is 0.123 e. The number of ether oxygens (including phenoxy) is 1. The van der Waals surface area contributed by atoms with Gasteiger partial charge in [-0.1, -0.05) is 11.2 Å². The fourth-order valence-corrected chi connectivity index (χ4v) is 1.93. The van der Waals surface area contributed by atoms with Gasteiger partial charge in [-0.2, -0.15) is 0 Å². The van der Waals surface area contributed by atoms with Gasteiger partial charge in [-0.05, 0) is 35.7 Å². The van der Waals surface area contributed by atoms with Gasteiger partial charge in [0.05, 0.1) is 12.8 Å². The molecule has 0 fully saturated rings. The van der Waals surface area contributed by atoms with Crippen molar-refractivity contribution in [2.45, 2.75) is 6.42 Å². The Balaban J connectivity index is 1.56. The summed E-state index contributed by atoms with van der Waals surface area (Å²) in [6.45, 7) is 1.00. The second-order valence-electron chi connectivity index (χ2n) is 3.74. The Bertz CT molecular complexity index is 497.